The second-order valence-electron chi connectivity index (χ2n) is 5.20. The Balaban J connectivity index is 2.27. The minimum absolute atomic E-state index is 0.130. The van der Waals surface area contributed by atoms with Crippen molar-refractivity contribution in [2.24, 2.45) is 0 Å². The Labute approximate surface area is 123 Å². The average Bonchev–Trinajstić information content (AvgIpc) is 2.40. The zero-order valence-electron chi connectivity index (χ0n) is 12.2. The van der Waals surface area contributed by atoms with Crippen molar-refractivity contribution in [2.75, 3.05) is 23.7 Å². The highest BCUT2D eigenvalue weighted by atomic mass is 32.2. The van der Waals surface area contributed by atoms with Gasteiger partial charge in [-0.25, -0.2) is 8.78 Å². The zero-order valence-corrected chi connectivity index (χ0v) is 13.1. The number of halogens is 2. The van der Waals surface area contributed by atoms with E-state index in [0.29, 0.717) is 23.9 Å². The van der Waals surface area contributed by atoms with Gasteiger partial charge in [0.2, 0.25) is 0 Å². The van der Waals surface area contributed by atoms with Crippen LogP contribution in [0.3, 0.4) is 0 Å². The van der Waals surface area contributed by atoms with Crippen LogP contribution in [0, 0.1) is 11.6 Å². The lowest BCUT2D eigenvalue weighted by atomic mass is 10.1. The van der Waals surface area contributed by atoms with Crippen molar-refractivity contribution in [2.45, 2.75) is 38.6 Å². The SMILES string of the molecule is CCNCc1cc(F)c(N2CCSC(C)C2C)c(F)c1. The van der Waals surface area contributed by atoms with E-state index in [1.165, 1.54) is 12.1 Å². The van der Waals surface area contributed by atoms with E-state index in [1.807, 2.05) is 30.5 Å². The zero-order chi connectivity index (χ0) is 14.7. The molecule has 2 atom stereocenters. The second kappa shape index (κ2) is 6.76. The van der Waals surface area contributed by atoms with Crippen molar-refractivity contribution < 1.29 is 8.78 Å². The van der Waals surface area contributed by atoms with E-state index in [-0.39, 0.29) is 11.7 Å². The van der Waals surface area contributed by atoms with Crippen LogP contribution in [0.25, 0.3) is 0 Å². The molecule has 1 saturated heterocycles. The number of anilines is 1. The maximum absolute atomic E-state index is 14.3. The van der Waals surface area contributed by atoms with Crippen LogP contribution in [-0.2, 0) is 6.54 Å². The third-order valence-electron chi connectivity index (χ3n) is 3.83. The molecular formula is C15H22F2N2S. The summed E-state index contributed by atoms with van der Waals surface area (Å²) in [5.41, 5.74) is 0.780. The Hall–Kier alpha value is -0.810. The molecule has 1 fully saturated rings. The molecule has 5 heteroatoms. The van der Waals surface area contributed by atoms with Crippen molar-refractivity contribution >= 4 is 17.4 Å². The first kappa shape index (κ1) is 15.6. The lowest BCUT2D eigenvalue weighted by Gasteiger charge is -2.39. The molecule has 1 heterocycles. The molecule has 2 nitrogen and oxygen atoms in total. The summed E-state index contributed by atoms with van der Waals surface area (Å²) in [7, 11) is 0. The predicted octanol–water partition coefficient (Wildman–Crippen LogP) is 3.40. The molecule has 0 radical (unpaired) electrons. The normalized spacial score (nSPS) is 23.1. The van der Waals surface area contributed by atoms with Gasteiger partial charge in [-0.1, -0.05) is 13.8 Å². The predicted molar refractivity (Wildman–Crippen MR) is 82.5 cm³/mol. The summed E-state index contributed by atoms with van der Waals surface area (Å²) in [5.74, 6) is -0.00325. The van der Waals surface area contributed by atoms with E-state index in [1.54, 1.807) is 0 Å². The van der Waals surface area contributed by atoms with Gasteiger partial charge < -0.3 is 10.2 Å². The molecule has 1 aromatic rings. The molecule has 2 unspecified atom stereocenters. The van der Waals surface area contributed by atoms with E-state index in [9.17, 15) is 8.78 Å². The fourth-order valence-corrected chi connectivity index (χ4v) is 3.61. The first-order valence-corrected chi connectivity index (χ1v) is 8.16. The number of thioether (sulfide) groups is 1. The van der Waals surface area contributed by atoms with Gasteiger partial charge >= 0.3 is 0 Å². The number of benzene rings is 1. The molecule has 2 rings (SSSR count). The van der Waals surface area contributed by atoms with Gasteiger partial charge in [0, 0.05) is 30.1 Å². The standard InChI is InChI=1S/C15H22F2N2S/c1-4-18-9-12-7-13(16)15(14(17)8-12)19-5-6-20-11(3)10(19)2/h7-8,10-11,18H,4-6,9H2,1-3H3. The quantitative estimate of drug-likeness (QED) is 0.917. The summed E-state index contributed by atoms with van der Waals surface area (Å²) in [4.78, 5) is 1.86. The number of rotatable bonds is 4. The summed E-state index contributed by atoms with van der Waals surface area (Å²) >= 11 is 1.85. The molecule has 20 heavy (non-hydrogen) atoms. The first-order chi connectivity index (χ1) is 9.54. The van der Waals surface area contributed by atoms with Crippen molar-refractivity contribution in [3.05, 3.63) is 29.3 Å². The van der Waals surface area contributed by atoms with Crippen molar-refractivity contribution in [3.8, 4) is 0 Å². The Morgan fingerprint density at radius 2 is 1.95 bits per heavy atom. The minimum Gasteiger partial charge on any atom is -0.362 e. The van der Waals surface area contributed by atoms with Crippen LogP contribution < -0.4 is 10.2 Å². The van der Waals surface area contributed by atoms with Gasteiger partial charge in [-0.15, -0.1) is 0 Å². The van der Waals surface area contributed by atoms with Crippen LogP contribution in [0.15, 0.2) is 12.1 Å². The molecule has 0 aliphatic carbocycles. The van der Waals surface area contributed by atoms with Gasteiger partial charge in [-0.3, -0.25) is 0 Å². The molecule has 0 spiro atoms. The highest BCUT2D eigenvalue weighted by Gasteiger charge is 2.29. The van der Waals surface area contributed by atoms with Gasteiger partial charge in [0.15, 0.2) is 0 Å². The van der Waals surface area contributed by atoms with E-state index in [0.717, 1.165) is 12.3 Å². The van der Waals surface area contributed by atoms with Crippen molar-refractivity contribution in [1.29, 1.82) is 0 Å². The van der Waals surface area contributed by atoms with Crippen LogP contribution in [0.4, 0.5) is 14.5 Å². The van der Waals surface area contributed by atoms with Gasteiger partial charge in [0.05, 0.1) is 0 Å². The molecule has 112 valence electrons. The Morgan fingerprint density at radius 3 is 2.55 bits per heavy atom. The Kier molecular flexibility index (Phi) is 5.27. The van der Waals surface area contributed by atoms with Crippen LogP contribution in [-0.4, -0.2) is 30.1 Å². The Morgan fingerprint density at radius 1 is 1.30 bits per heavy atom. The van der Waals surface area contributed by atoms with Gasteiger partial charge in [-0.2, -0.15) is 11.8 Å². The molecular weight excluding hydrogens is 278 g/mol. The summed E-state index contributed by atoms with van der Waals surface area (Å²) in [6.45, 7) is 8.07. The average molecular weight is 300 g/mol. The number of nitrogens with one attached hydrogen (secondary N) is 1. The maximum atomic E-state index is 14.3. The lowest BCUT2D eigenvalue weighted by molar-refractivity contribution is 0.540. The monoisotopic (exact) mass is 300 g/mol. The van der Waals surface area contributed by atoms with E-state index in [2.05, 4.69) is 12.2 Å². The van der Waals surface area contributed by atoms with Crippen molar-refractivity contribution in [1.82, 2.24) is 5.32 Å². The Bertz CT molecular complexity index is 444. The van der Waals surface area contributed by atoms with E-state index in [4.69, 9.17) is 0 Å². The fraction of sp³-hybridized carbons (Fsp3) is 0.600. The van der Waals surface area contributed by atoms with E-state index < -0.39 is 11.6 Å². The second-order valence-corrected chi connectivity index (χ2v) is 6.68. The maximum Gasteiger partial charge on any atom is 0.149 e. The topological polar surface area (TPSA) is 15.3 Å². The number of hydrogen-bond donors (Lipinski definition) is 1. The van der Waals surface area contributed by atoms with Crippen LogP contribution in [0.5, 0.6) is 0 Å². The van der Waals surface area contributed by atoms with Gasteiger partial charge in [0.1, 0.15) is 17.3 Å². The molecule has 1 aliphatic rings. The molecule has 0 bridgehead atoms. The molecule has 1 aromatic carbocycles. The number of nitrogens with zero attached hydrogens (tertiary/aromatic N) is 1. The first-order valence-electron chi connectivity index (χ1n) is 7.11. The van der Waals surface area contributed by atoms with Gasteiger partial charge in [0.25, 0.3) is 0 Å². The minimum atomic E-state index is -0.455. The van der Waals surface area contributed by atoms with Crippen LogP contribution in [0.1, 0.15) is 26.3 Å². The highest BCUT2D eigenvalue weighted by molar-refractivity contribution is 8.00. The number of hydrogen-bond acceptors (Lipinski definition) is 3. The molecule has 0 saturated carbocycles. The molecule has 0 aromatic heterocycles. The lowest BCUT2D eigenvalue weighted by Crippen LogP contribution is -2.45. The van der Waals surface area contributed by atoms with E-state index >= 15 is 0 Å². The van der Waals surface area contributed by atoms with Gasteiger partial charge in [-0.05, 0) is 31.2 Å². The molecule has 0 amide bonds. The summed E-state index contributed by atoms with van der Waals surface area (Å²) in [6.07, 6.45) is 0. The molecule has 1 N–H and O–H groups in total. The fourth-order valence-electron chi connectivity index (χ4n) is 2.51. The highest BCUT2D eigenvalue weighted by Crippen LogP contribution is 2.33. The third kappa shape index (κ3) is 3.26. The third-order valence-corrected chi connectivity index (χ3v) is 5.16. The summed E-state index contributed by atoms with van der Waals surface area (Å²) < 4.78 is 28.6. The summed E-state index contributed by atoms with van der Waals surface area (Å²) in [6, 6.07) is 3.03. The van der Waals surface area contributed by atoms with Crippen LogP contribution in [0.2, 0.25) is 0 Å². The van der Waals surface area contributed by atoms with Crippen LogP contribution >= 0.6 is 11.8 Å². The van der Waals surface area contributed by atoms with Crippen molar-refractivity contribution in [3.63, 3.8) is 0 Å². The molecule has 1 aliphatic heterocycles. The smallest absolute Gasteiger partial charge is 0.149 e. The largest absolute Gasteiger partial charge is 0.362 e. The summed E-state index contributed by atoms with van der Waals surface area (Å²) in [5, 5.41) is 3.46.